The first-order valence-corrected chi connectivity index (χ1v) is 8.75. The summed E-state index contributed by atoms with van der Waals surface area (Å²) in [5, 5.41) is 0. The molecular weight excluding hydrogens is 351 g/mol. The smallest absolute Gasteiger partial charge is 0.311 e. The minimum absolute atomic E-state index is 0.0892. The van der Waals surface area contributed by atoms with Gasteiger partial charge in [0.15, 0.2) is 3.61 Å². The van der Waals surface area contributed by atoms with Gasteiger partial charge in [-0.05, 0) is 78.4 Å². The Balaban J connectivity index is 1.49. The Labute approximate surface area is 128 Å². The molecule has 7 atom stereocenters. The minimum atomic E-state index is -0.178. The van der Waals surface area contributed by atoms with Crippen LogP contribution in [0.15, 0.2) is 12.2 Å². The van der Waals surface area contributed by atoms with Crippen LogP contribution < -0.4 is 0 Å². The first-order chi connectivity index (χ1) is 9.07. The molecule has 0 radical (unpaired) electrons. The number of carbonyl (C=O) groups is 1. The molecule has 3 fully saturated rings. The molecular formula is C16H21IO2. The van der Waals surface area contributed by atoms with Crippen LogP contribution in [0.1, 0.15) is 39.0 Å². The number of esters is 1. The van der Waals surface area contributed by atoms with Crippen LogP contribution in [0, 0.1) is 35.5 Å². The van der Waals surface area contributed by atoms with Crippen molar-refractivity contribution >= 4 is 28.6 Å². The summed E-state index contributed by atoms with van der Waals surface area (Å²) in [7, 11) is 0. The molecule has 104 valence electrons. The zero-order chi connectivity index (χ0) is 13.2. The van der Waals surface area contributed by atoms with Crippen molar-refractivity contribution in [2.24, 2.45) is 35.5 Å². The molecule has 4 bridgehead atoms. The number of rotatable bonds is 2. The summed E-state index contributed by atoms with van der Waals surface area (Å²) < 4.78 is 5.88. The van der Waals surface area contributed by atoms with E-state index in [1.54, 1.807) is 0 Å². The molecule has 4 aliphatic carbocycles. The predicted octanol–water partition coefficient (Wildman–Crippen LogP) is 3.94. The molecule has 0 saturated heterocycles. The van der Waals surface area contributed by atoms with Crippen molar-refractivity contribution in [2.45, 2.75) is 42.6 Å². The van der Waals surface area contributed by atoms with Crippen LogP contribution in [-0.4, -0.2) is 9.58 Å². The summed E-state index contributed by atoms with van der Waals surface area (Å²) in [4.78, 5) is 12.6. The van der Waals surface area contributed by atoms with Gasteiger partial charge in [-0.15, -0.1) is 0 Å². The van der Waals surface area contributed by atoms with E-state index in [1.165, 1.54) is 25.7 Å². The average molecular weight is 372 g/mol. The van der Waals surface area contributed by atoms with E-state index in [4.69, 9.17) is 4.74 Å². The van der Waals surface area contributed by atoms with Gasteiger partial charge in [0, 0.05) is 5.92 Å². The molecule has 0 aliphatic heterocycles. The monoisotopic (exact) mass is 372 g/mol. The van der Waals surface area contributed by atoms with Gasteiger partial charge in [0.1, 0.15) is 0 Å². The Bertz CT molecular complexity index is 446. The quantitative estimate of drug-likeness (QED) is 0.318. The fourth-order valence-corrected chi connectivity index (χ4v) is 6.44. The second-order valence-electron chi connectivity index (χ2n) is 7.12. The van der Waals surface area contributed by atoms with Crippen molar-refractivity contribution in [1.29, 1.82) is 0 Å². The molecule has 0 heterocycles. The van der Waals surface area contributed by atoms with Crippen molar-refractivity contribution in [3.8, 4) is 0 Å². The molecule has 4 rings (SSSR count). The molecule has 19 heavy (non-hydrogen) atoms. The van der Waals surface area contributed by atoms with Crippen molar-refractivity contribution < 1.29 is 9.53 Å². The maximum atomic E-state index is 12.6. The third kappa shape index (κ3) is 1.83. The van der Waals surface area contributed by atoms with E-state index in [1.807, 2.05) is 0 Å². The van der Waals surface area contributed by atoms with E-state index >= 15 is 0 Å². The highest BCUT2D eigenvalue weighted by Crippen LogP contribution is 2.57. The van der Waals surface area contributed by atoms with Crippen molar-refractivity contribution in [2.75, 3.05) is 0 Å². The van der Waals surface area contributed by atoms with Crippen molar-refractivity contribution in [1.82, 2.24) is 0 Å². The van der Waals surface area contributed by atoms with Crippen LogP contribution in [0.4, 0.5) is 0 Å². The topological polar surface area (TPSA) is 26.3 Å². The molecule has 0 aromatic rings. The van der Waals surface area contributed by atoms with Crippen molar-refractivity contribution in [3.05, 3.63) is 12.2 Å². The fourth-order valence-electron chi connectivity index (χ4n) is 5.03. The molecule has 7 unspecified atom stereocenters. The van der Waals surface area contributed by atoms with E-state index in [-0.39, 0.29) is 15.5 Å². The Morgan fingerprint density at radius 1 is 1.26 bits per heavy atom. The molecule has 4 aliphatic rings. The molecule has 0 amide bonds. The summed E-state index contributed by atoms with van der Waals surface area (Å²) in [5.74, 6) is 3.19. The van der Waals surface area contributed by atoms with E-state index in [2.05, 4.69) is 41.7 Å². The number of ether oxygens (including phenoxy) is 1. The highest BCUT2D eigenvalue weighted by Gasteiger charge is 2.54. The van der Waals surface area contributed by atoms with Gasteiger partial charge in [0.05, 0.1) is 5.92 Å². The molecule has 0 aromatic heterocycles. The highest BCUT2D eigenvalue weighted by molar-refractivity contribution is 14.1. The third-order valence-electron chi connectivity index (χ3n) is 6.11. The lowest BCUT2D eigenvalue weighted by Crippen LogP contribution is -2.38. The van der Waals surface area contributed by atoms with Gasteiger partial charge in [0.25, 0.3) is 0 Å². The minimum Gasteiger partial charge on any atom is -0.448 e. The van der Waals surface area contributed by atoms with E-state index in [0.29, 0.717) is 23.7 Å². The third-order valence-corrected chi connectivity index (χ3v) is 7.65. The van der Waals surface area contributed by atoms with Crippen LogP contribution in [0.3, 0.4) is 0 Å². The van der Waals surface area contributed by atoms with E-state index < -0.39 is 0 Å². The number of fused-ring (bicyclic) bond motifs is 4. The number of alkyl halides is 1. The van der Waals surface area contributed by atoms with Crippen LogP contribution in [0.5, 0.6) is 0 Å². The lowest BCUT2D eigenvalue weighted by Gasteiger charge is -2.34. The highest BCUT2D eigenvalue weighted by atomic mass is 127. The Kier molecular flexibility index (Phi) is 2.81. The SMILES string of the molecule is CC1C2C=CC(C2)C1C(=O)OC1(I)CC2CCC1C2. The van der Waals surface area contributed by atoms with Gasteiger partial charge in [0.2, 0.25) is 0 Å². The first-order valence-electron chi connectivity index (χ1n) is 7.67. The first kappa shape index (κ1) is 12.7. The molecule has 2 nitrogen and oxygen atoms in total. The summed E-state index contributed by atoms with van der Waals surface area (Å²) in [6.45, 7) is 2.22. The maximum Gasteiger partial charge on any atom is 0.311 e. The van der Waals surface area contributed by atoms with Gasteiger partial charge < -0.3 is 4.74 Å². The van der Waals surface area contributed by atoms with Gasteiger partial charge >= 0.3 is 5.97 Å². The second kappa shape index (κ2) is 4.22. The zero-order valence-corrected chi connectivity index (χ0v) is 13.5. The largest absolute Gasteiger partial charge is 0.448 e. The maximum absolute atomic E-state index is 12.6. The molecule has 3 saturated carbocycles. The summed E-state index contributed by atoms with van der Waals surface area (Å²) >= 11 is 2.44. The number of hydrogen-bond donors (Lipinski definition) is 0. The number of hydrogen-bond acceptors (Lipinski definition) is 2. The normalized spacial score (nSPS) is 54.0. The van der Waals surface area contributed by atoms with Gasteiger partial charge in [-0.25, -0.2) is 0 Å². The molecule has 0 spiro atoms. The molecule has 3 heteroatoms. The Hall–Kier alpha value is -0.0600. The summed E-state index contributed by atoms with van der Waals surface area (Å²) in [6, 6.07) is 0. The summed E-state index contributed by atoms with van der Waals surface area (Å²) in [5.41, 5.74) is 0. The van der Waals surface area contributed by atoms with Crippen LogP contribution >= 0.6 is 22.6 Å². The standard InChI is InChI=1S/C16H21IO2/c1-9-11-3-4-12(7-11)14(9)15(18)19-16(17)8-10-2-5-13(16)6-10/h3-4,9-14H,2,5-8H2,1H3. The van der Waals surface area contributed by atoms with Crippen LogP contribution in [-0.2, 0) is 9.53 Å². The number of allylic oxidation sites excluding steroid dienone is 2. The zero-order valence-electron chi connectivity index (χ0n) is 11.3. The fraction of sp³-hybridized carbons (Fsp3) is 0.812. The van der Waals surface area contributed by atoms with Gasteiger partial charge in [-0.1, -0.05) is 19.1 Å². The number of halogens is 1. The Morgan fingerprint density at radius 2 is 2.05 bits per heavy atom. The number of carbonyl (C=O) groups excluding carboxylic acids is 1. The lowest BCUT2D eigenvalue weighted by atomic mass is 9.84. The van der Waals surface area contributed by atoms with Crippen LogP contribution in [0.2, 0.25) is 0 Å². The second-order valence-corrected chi connectivity index (χ2v) is 8.95. The molecule has 0 N–H and O–H groups in total. The Morgan fingerprint density at radius 3 is 2.63 bits per heavy atom. The van der Waals surface area contributed by atoms with Crippen LogP contribution in [0.25, 0.3) is 0 Å². The van der Waals surface area contributed by atoms with Crippen molar-refractivity contribution in [3.63, 3.8) is 0 Å². The lowest BCUT2D eigenvalue weighted by molar-refractivity contribution is -0.160. The van der Waals surface area contributed by atoms with E-state index in [0.717, 1.165) is 12.3 Å². The molecule has 0 aromatic carbocycles. The average Bonchev–Trinajstić information content (AvgIpc) is 3.05. The van der Waals surface area contributed by atoms with Gasteiger partial charge in [-0.2, -0.15) is 0 Å². The van der Waals surface area contributed by atoms with Gasteiger partial charge in [-0.3, -0.25) is 4.79 Å². The summed E-state index contributed by atoms with van der Waals surface area (Å²) in [6.07, 6.45) is 10.7. The van der Waals surface area contributed by atoms with E-state index in [9.17, 15) is 4.79 Å². The predicted molar refractivity (Wildman–Crippen MR) is 81.7 cm³/mol.